The number of rotatable bonds is 5. The van der Waals surface area contributed by atoms with Crippen molar-refractivity contribution in [3.63, 3.8) is 0 Å². The number of methoxy groups -OCH3 is 1. The molecule has 0 fully saturated rings. The summed E-state index contributed by atoms with van der Waals surface area (Å²) in [5, 5.41) is 18.1. The summed E-state index contributed by atoms with van der Waals surface area (Å²) in [5.74, 6) is -0.274. The molecule has 0 heterocycles. The lowest BCUT2D eigenvalue weighted by Gasteiger charge is -2.18. The van der Waals surface area contributed by atoms with Crippen LogP contribution in [-0.4, -0.2) is 35.5 Å². The first-order valence-corrected chi connectivity index (χ1v) is 4.68. The summed E-state index contributed by atoms with van der Waals surface area (Å²) in [7, 11) is 1.52. The van der Waals surface area contributed by atoms with Gasteiger partial charge in [0.15, 0.2) is 5.60 Å². The standard InChI is InChI=1S/C11H14O5/c1-11(14,10(12)13)7-16-9-5-3-4-8(6-9)15-2/h3-6,14H,7H2,1-2H3,(H,12,13). The number of hydrogen-bond donors (Lipinski definition) is 2. The highest BCUT2D eigenvalue weighted by Gasteiger charge is 2.30. The van der Waals surface area contributed by atoms with Crippen LogP contribution in [-0.2, 0) is 4.79 Å². The van der Waals surface area contributed by atoms with Crippen LogP contribution in [0.15, 0.2) is 24.3 Å². The summed E-state index contributed by atoms with van der Waals surface area (Å²) in [6, 6.07) is 6.71. The lowest BCUT2D eigenvalue weighted by Crippen LogP contribution is -2.41. The third-order valence-corrected chi connectivity index (χ3v) is 2.02. The van der Waals surface area contributed by atoms with E-state index in [0.717, 1.165) is 0 Å². The molecule has 0 bridgehead atoms. The molecule has 5 nitrogen and oxygen atoms in total. The van der Waals surface area contributed by atoms with Crippen LogP contribution in [0.5, 0.6) is 11.5 Å². The third kappa shape index (κ3) is 3.13. The van der Waals surface area contributed by atoms with Gasteiger partial charge in [-0.15, -0.1) is 0 Å². The summed E-state index contributed by atoms with van der Waals surface area (Å²) in [6.45, 7) is 0.852. The Balaban J connectivity index is 2.64. The molecule has 0 aliphatic carbocycles. The van der Waals surface area contributed by atoms with Gasteiger partial charge in [0.25, 0.3) is 0 Å². The van der Waals surface area contributed by atoms with Crippen LogP contribution < -0.4 is 9.47 Å². The van der Waals surface area contributed by atoms with E-state index in [1.807, 2.05) is 0 Å². The number of carboxylic acids is 1. The van der Waals surface area contributed by atoms with Crippen LogP contribution in [0, 0.1) is 0 Å². The summed E-state index contributed by atoms with van der Waals surface area (Å²) in [5.41, 5.74) is -1.90. The summed E-state index contributed by atoms with van der Waals surface area (Å²) >= 11 is 0. The van der Waals surface area contributed by atoms with Crippen LogP contribution in [0.4, 0.5) is 0 Å². The van der Waals surface area contributed by atoms with E-state index in [9.17, 15) is 9.90 Å². The number of aliphatic hydroxyl groups is 1. The first kappa shape index (κ1) is 12.3. The molecule has 88 valence electrons. The van der Waals surface area contributed by atoms with E-state index in [-0.39, 0.29) is 6.61 Å². The average Bonchev–Trinajstić information content (AvgIpc) is 2.26. The van der Waals surface area contributed by atoms with Gasteiger partial charge in [-0.25, -0.2) is 4.79 Å². The molecule has 0 saturated heterocycles. The van der Waals surface area contributed by atoms with Gasteiger partial charge in [0, 0.05) is 6.07 Å². The summed E-state index contributed by atoms with van der Waals surface area (Å²) in [4.78, 5) is 10.6. The minimum Gasteiger partial charge on any atom is -0.497 e. The second-order valence-corrected chi connectivity index (χ2v) is 3.55. The molecule has 1 aromatic carbocycles. The first-order valence-electron chi connectivity index (χ1n) is 4.68. The predicted octanol–water partition coefficient (Wildman–Crippen LogP) is 0.910. The molecule has 0 aliphatic rings. The quantitative estimate of drug-likeness (QED) is 0.780. The maximum absolute atomic E-state index is 10.6. The molecule has 5 heteroatoms. The van der Waals surface area contributed by atoms with E-state index >= 15 is 0 Å². The van der Waals surface area contributed by atoms with E-state index in [4.69, 9.17) is 14.6 Å². The second-order valence-electron chi connectivity index (χ2n) is 3.55. The molecule has 0 amide bonds. The van der Waals surface area contributed by atoms with Crippen molar-refractivity contribution < 1.29 is 24.5 Å². The highest BCUT2D eigenvalue weighted by molar-refractivity contribution is 5.76. The molecule has 16 heavy (non-hydrogen) atoms. The van der Waals surface area contributed by atoms with Gasteiger partial charge in [-0.3, -0.25) is 0 Å². The van der Waals surface area contributed by atoms with Crippen LogP contribution in [0.2, 0.25) is 0 Å². The first-order chi connectivity index (χ1) is 7.45. The summed E-state index contributed by atoms with van der Waals surface area (Å²) in [6.07, 6.45) is 0. The maximum Gasteiger partial charge on any atom is 0.339 e. The van der Waals surface area contributed by atoms with Crippen molar-refractivity contribution in [3.8, 4) is 11.5 Å². The summed E-state index contributed by atoms with van der Waals surface area (Å²) < 4.78 is 10.1. The molecule has 0 radical (unpaired) electrons. The number of carboxylic acid groups (broad SMARTS) is 1. The lowest BCUT2D eigenvalue weighted by molar-refractivity contribution is -0.159. The van der Waals surface area contributed by atoms with Crippen molar-refractivity contribution in [1.29, 1.82) is 0 Å². The van der Waals surface area contributed by atoms with E-state index in [1.165, 1.54) is 14.0 Å². The molecule has 0 saturated carbocycles. The fourth-order valence-corrected chi connectivity index (χ4v) is 0.977. The Bertz CT molecular complexity index is 372. The third-order valence-electron chi connectivity index (χ3n) is 2.02. The van der Waals surface area contributed by atoms with Crippen molar-refractivity contribution in [2.45, 2.75) is 12.5 Å². The van der Waals surface area contributed by atoms with Crippen molar-refractivity contribution >= 4 is 5.97 Å². The topological polar surface area (TPSA) is 76.0 Å². The predicted molar refractivity (Wildman–Crippen MR) is 56.7 cm³/mol. The van der Waals surface area contributed by atoms with E-state index in [0.29, 0.717) is 11.5 Å². The number of benzene rings is 1. The Morgan fingerprint density at radius 1 is 1.44 bits per heavy atom. The number of ether oxygens (including phenoxy) is 2. The largest absolute Gasteiger partial charge is 0.497 e. The van der Waals surface area contributed by atoms with Crippen molar-refractivity contribution in [2.24, 2.45) is 0 Å². The molecule has 0 aromatic heterocycles. The smallest absolute Gasteiger partial charge is 0.339 e. The SMILES string of the molecule is COc1cccc(OCC(C)(O)C(=O)O)c1. The van der Waals surface area contributed by atoms with Gasteiger partial charge in [-0.2, -0.15) is 0 Å². The van der Waals surface area contributed by atoms with Crippen LogP contribution in [0.1, 0.15) is 6.92 Å². The Labute approximate surface area is 93.2 Å². The molecule has 0 aliphatic heterocycles. The molecule has 1 rings (SSSR count). The van der Waals surface area contributed by atoms with Gasteiger partial charge in [-0.05, 0) is 19.1 Å². The lowest BCUT2D eigenvalue weighted by atomic mass is 10.1. The fraction of sp³-hybridized carbons (Fsp3) is 0.364. The monoisotopic (exact) mass is 226 g/mol. The molecular formula is C11H14O5. The highest BCUT2D eigenvalue weighted by Crippen LogP contribution is 2.19. The van der Waals surface area contributed by atoms with Crippen LogP contribution in [0.3, 0.4) is 0 Å². The van der Waals surface area contributed by atoms with E-state index < -0.39 is 11.6 Å². The number of aliphatic carboxylic acids is 1. The molecule has 1 unspecified atom stereocenters. The fourth-order valence-electron chi connectivity index (χ4n) is 0.977. The van der Waals surface area contributed by atoms with Gasteiger partial charge >= 0.3 is 5.97 Å². The minimum absolute atomic E-state index is 0.324. The van der Waals surface area contributed by atoms with Gasteiger partial charge < -0.3 is 19.7 Å². The zero-order valence-electron chi connectivity index (χ0n) is 9.14. The van der Waals surface area contributed by atoms with Crippen molar-refractivity contribution in [1.82, 2.24) is 0 Å². The van der Waals surface area contributed by atoms with Gasteiger partial charge in [0.1, 0.15) is 18.1 Å². The Kier molecular flexibility index (Phi) is 3.73. The molecule has 1 atom stereocenters. The number of carbonyl (C=O) groups is 1. The molecule has 0 spiro atoms. The van der Waals surface area contributed by atoms with Gasteiger partial charge in [0.2, 0.25) is 0 Å². The molecule has 1 aromatic rings. The van der Waals surface area contributed by atoms with Crippen LogP contribution >= 0.6 is 0 Å². The van der Waals surface area contributed by atoms with Crippen LogP contribution in [0.25, 0.3) is 0 Å². The van der Waals surface area contributed by atoms with Gasteiger partial charge in [-0.1, -0.05) is 6.07 Å². The highest BCUT2D eigenvalue weighted by atomic mass is 16.5. The average molecular weight is 226 g/mol. The molecule has 2 N–H and O–H groups in total. The van der Waals surface area contributed by atoms with E-state index in [2.05, 4.69) is 0 Å². The van der Waals surface area contributed by atoms with Crippen molar-refractivity contribution in [2.75, 3.05) is 13.7 Å². The number of hydrogen-bond acceptors (Lipinski definition) is 4. The normalized spacial score (nSPS) is 13.9. The maximum atomic E-state index is 10.6. The zero-order chi connectivity index (χ0) is 12.2. The second kappa shape index (κ2) is 4.85. The zero-order valence-corrected chi connectivity index (χ0v) is 9.14. The Hall–Kier alpha value is -1.75. The van der Waals surface area contributed by atoms with Gasteiger partial charge in [0.05, 0.1) is 7.11 Å². The minimum atomic E-state index is -1.90. The Morgan fingerprint density at radius 3 is 2.62 bits per heavy atom. The Morgan fingerprint density at radius 2 is 2.06 bits per heavy atom. The molecular weight excluding hydrogens is 212 g/mol. The van der Waals surface area contributed by atoms with Crippen molar-refractivity contribution in [3.05, 3.63) is 24.3 Å². The van der Waals surface area contributed by atoms with E-state index in [1.54, 1.807) is 24.3 Å².